The summed E-state index contributed by atoms with van der Waals surface area (Å²) in [4.78, 5) is 2.90. The van der Waals surface area contributed by atoms with Crippen LogP contribution in [-0.4, -0.2) is 23.0 Å². The normalized spacial score (nSPS) is 30.0. The van der Waals surface area contributed by atoms with Gasteiger partial charge in [-0.25, -0.2) is 0 Å². The van der Waals surface area contributed by atoms with Gasteiger partial charge < -0.3 is 0 Å². The van der Waals surface area contributed by atoms with Gasteiger partial charge in [-0.05, 0) is 56.9 Å². The second kappa shape index (κ2) is 7.51. The SMILES string of the molecule is C=C1C(CC)(CC)CCCC1(CC)N(CC)C1CCCCC1. The van der Waals surface area contributed by atoms with Crippen molar-refractivity contribution in [3.05, 3.63) is 12.2 Å². The zero-order valence-electron chi connectivity index (χ0n) is 15.7. The van der Waals surface area contributed by atoms with Gasteiger partial charge in [0.1, 0.15) is 0 Å². The van der Waals surface area contributed by atoms with Gasteiger partial charge in [0.2, 0.25) is 0 Å². The van der Waals surface area contributed by atoms with Gasteiger partial charge in [0.25, 0.3) is 0 Å². The summed E-state index contributed by atoms with van der Waals surface area (Å²) in [5.41, 5.74) is 2.27. The minimum atomic E-state index is 0.279. The fraction of sp³-hybridized carbons (Fsp3) is 0.905. The lowest BCUT2D eigenvalue weighted by atomic mass is 9.58. The van der Waals surface area contributed by atoms with Crippen molar-refractivity contribution < 1.29 is 0 Å². The number of likely N-dealkylation sites (N-methyl/N-ethyl adjacent to an activating group) is 1. The molecule has 2 saturated carbocycles. The Morgan fingerprint density at radius 2 is 1.55 bits per heavy atom. The van der Waals surface area contributed by atoms with E-state index in [0.29, 0.717) is 5.41 Å². The molecule has 2 aliphatic rings. The van der Waals surface area contributed by atoms with Crippen molar-refractivity contribution in [2.24, 2.45) is 5.41 Å². The van der Waals surface area contributed by atoms with Crippen LogP contribution in [-0.2, 0) is 0 Å². The third-order valence-electron chi connectivity index (χ3n) is 7.29. The standard InChI is InChI=1S/C21H39N/c1-6-20(7-2)16-13-17-21(8-3,18(20)5)22(9-4)19-14-11-10-12-15-19/h19H,5-17H2,1-4H3. The molecule has 0 N–H and O–H groups in total. The Balaban J connectivity index is 2.34. The predicted molar refractivity (Wildman–Crippen MR) is 98.3 cm³/mol. The van der Waals surface area contributed by atoms with Crippen molar-refractivity contribution in [1.82, 2.24) is 4.90 Å². The van der Waals surface area contributed by atoms with Gasteiger partial charge in [0, 0.05) is 11.6 Å². The molecule has 128 valence electrons. The van der Waals surface area contributed by atoms with Crippen molar-refractivity contribution in [2.75, 3.05) is 6.54 Å². The summed E-state index contributed by atoms with van der Waals surface area (Å²) in [5, 5.41) is 0. The molecular formula is C21H39N. The van der Waals surface area contributed by atoms with Gasteiger partial charge in [-0.2, -0.15) is 0 Å². The number of hydrogen-bond donors (Lipinski definition) is 0. The Hall–Kier alpha value is -0.300. The van der Waals surface area contributed by atoms with Crippen LogP contribution in [0.25, 0.3) is 0 Å². The first kappa shape index (κ1) is 18.0. The molecule has 0 aromatic carbocycles. The highest BCUT2D eigenvalue weighted by Crippen LogP contribution is 2.54. The van der Waals surface area contributed by atoms with Crippen LogP contribution in [0.15, 0.2) is 12.2 Å². The highest BCUT2D eigenvalue weighted by atomic mass is 15.2. The van der Waals surface area contributed by atoms with E-state index in [4.69, 9.17) is 6.58 Å². The van der Waals surface area contributed by atoms with Crippen molar-refractivity contribution in [1.29, 1.82) is 0 Å². The van der Waals surface area contributed by atoms with E-state index in [1.165, 1.54) is 77.2 Å². The zero-order chi connectivity index (χ0) is 16.2. The first-order valence-electron chi connectivity index (χ1n) is 10.1. The summed E-state index contributed by atoms with van der Waals surface area (Å²) in [6, 6.07) is 0.806. The maximum Gasteiger partial charge on any atom is 0.0423 e. The average Bonchev–Trinajstić information content (AvgIpc) is 2.58. The summed E-state index contributed by atoms with van der Waals surface area (Å²) in [7, 11) is 0. The molecule has 1 unspecified atom stereocenters. The smallest absolute Gasteiger partial charge is 0.0423 e. The maximum absolute atomic E-state index is 4.76. The van der Waals surface area contributed by atoms with Gasteiger partial charge >= 0.3 is 0 Å². The third kappa shape index (κ3) is 2.90. The maximum atomic E-state index is 4.76. The molecule has 22 heavy (non-hydrogen) atoms. The van der Waals surface area contributed by atoms with E-state index in [-0.39, 0.29) is 5.54 Å². The first-order valence-corrected chi connectivity index (χ1v) is 10.1. The van der Waals surface area contributed by atoms with Crippen LogP contribution >= 0.6 is 0 Å². The molecule has 0 amide bonds. The fourth-order valence-electron chi connectivity index (χ4n) is 5.76. The van der Waals surface area contributed by atoms with Gasteiger partial charge in [-0.3, -0.25) is 4.90 Å². The lowest BCUT2D eigenvalue weighted by molar-refractivity contribution is 0.00681. The molecule has 1 atom stereocenters. The molecule has 0 bridgehead atoms. The quantitative estimate of drug-likeness (QED) is 0.518. The Bertz CT molecular complexity index is 362. The molecule has 0 spiro atoms. The molecule has 0 aromatic heterocycles. The van der Waals surface area contributed by atoms with Gasteiger partial charge in [-0.15, -0.1) is 0 Å². The second-order valence-corrected chi connectivity index (χ2v) is 7.78. The molecule has 0 heterocycles. The summed E-state index contributed by atoms with van der Waals surface area (Å²) < 4.78 is 0. The predicted octanol–water partition coefficient (Wildman–Crippen LogP) is 6.34. The van der Waals surface area contributed by atoms with E-state index in [0.717, 1.165) is 6.04 Å². The Kier molecular flexibility index (Phi) is 6.16. The van der Waals surface area contributed by atoms with Crippen molar-refractivity contribution in [2.45, 2.75) is 110 Å². The molecule has 0 aliphatic heterocycles. The van der Waals surface area contributed by atoms with Crippen LogP contribution in [0.5, 0.6) is 0 Å². The Morgan fingerprint density at radius 3 is 2.05 bits per heavy atom. The molecule has 2 aliphatic carbocycles. The van der Waals surface area contributed by atoms with Crippen LogP contribution in [0.2, 0.25) is 0 Å². The summed E-state index contributed by atoms with van der Waals surface area (Å²) >= 11 is 0. The molecule has 2 rings (SSSR count). The topological polar surface area (TPSA) is 3.24 Å². The van der Waals surface area contributed by atoms with E-state index >= 15 is 0 Å². The van der Waals surface area contributed by atoms with E-state index in [1.54, 1.807) is 5.57 Å². The fourth-order valence-corrected chi connectivity index (χ4v) is 5.76. The minimum Gasteiger partial charge on any atom is -0.291 e. The number of hydrogen-bond acceptors (Lipinski definition) is 1. The van der Waals surface area contributed by atoms with E-state index in [2.05, 4.69) is 32.6 Å². The van der Waals surface area contributed by atoms with E-state index in [9.17, 15) is 0 Å². The number of nitrogens with zero attached hydrogens (tertiary/aromatic N) is 1. The lowest BCUT2D eigenvalue weighted by Gasteiger charge is -2.57. The van der Waals surface area contributed by atoms with Gasteiger partial charge in [-0.1, -0.05) is 65.5 Å². The molecule has 2 fully saturated rings. The molecular weight excluding hydrogens is 266 g/mol. The Morgan fingerprint density at radius 1 is 0.909 bits per heavy atom. The molecule has 0 radical (unpaired) electrons. The van der Waals surface area contributed by atoms with Crippen LogP contribution in [0, 0.1) is 5.41 Å². The monoisotopic (exact) mass is 305 g/mol. The van der Waals surface area contributed by atoms with Crippen LogP contribution < -0.4 is 0 Å². The molecule has 0 saturated heterocycles. The molecule has 1 heteroatoms. The average molecular weight is 306 g/mol. The van der Waals surface area contributed by atoms with Gasteiger partial charge in [0.05, 0.1) is 0 Å². The number of rotatable bonds is 6. The van der Waals surface area contributed by atoms with Crippen LogP contribution in [0.4, 0.5) is 0 Å². The van der Waals surface area contributed by atoms with Gasteiger partial charge in [0.15, 0.2) is 0 Å². The van der Waals surface area contributed by atoms with Crippen LogP contribution in [0.3, 0.4) is 0 Å². The second-order valence-electron chi connectivity index (χ2n) is 7.78. The van der Waals surface area contributed by atoms with Crippen molar-refractivity contribution in [3.63, 3.8) is 0 Å². The highest BCUT2D eigenvalue weighted by Gasteiger charge is 2.49. The van der Waals surface area contributed by atoms with E-state index in [1.807, 2.05) is 0 Å². The first-order chi connectivity index (χ1) is 10.6. The van der Waals surface area contributed by atoms with Crippen LogP contribution in [0.1, 0.15) is 98.3 Å². The van der Waals surface area contributed by atoms with Crippen molar-refractivity contribution >= 4 is 0 Å². The summed E-state index contributed by atoms with van der Waals surface area (Å²) in [6.07, 6.45) is 15.0. The molecule has 1 nitrogen and oxygen atoms in total. The summed E-state index contributed by atoms with van der Waals surface area (Å²) in [5.74, 6) is 0. The van der Waals surface area contributed by atoms with E-state index < -0.39 is 0 Å². The largest absolute Gasteiger partial charge is 0.291 e. The zero-order valence-corrected chi connectivity index (χ0v) is 15.7. The summed E-state index contributed by atoms with van der Waals surface area (Å²) in [6.45, 7) is 15.5. The highest BCUT2D eigenvalue weighted by molar-refractivity contribution is 5.28. The lowest BCUT2D eigenvalue weighted by Crippen LogP contribution is -2.59. The Labute approximate surface area is 139 Å². The van der Waals surface area contributed by atoms with Crippen molar-refractivity contribution in [3.8, 4) is 0 Å². The third-order valence-corrected chi connectivity index (χ3v) is 7.29. The minimum absolute atomic E-state index is 0.279. The molecule has 0 aromatic rings.